The molecule has 0 heterocycles. The van der Waals surface area contributed by atoms with E-state index in [2.05, 4.69) is 9.78 Å². The molecule has 0 aliphatic rings. The summed E-state index contributed by atoms with van der Waals surface area (Å²) >= 11 is 0. The molecule has 2 aromatic carbocycles. The molecular formula is C30H46O6. The predicted octanol–water partition coefficient (Wildman–Crippen LogP) is 7.99. The van der Waals surface area contributed by atoms with Gasteiger partial charge in [0.2, 0.25) is 0 Å². The molecule has 0 aromatic heterocycles. The Bertz CT molecular complexity index is 758. The summed E-state index contributed by atoms with van der Waals surface area (Å²) in [5.74, 6) is 0. The molecule has 6 heteroatoms. The number of unbranched alkanes of at least 4 members (excludes halogenated alkanes) is 7. The van der Waals surface area contributed by atoms with Crippen LogP contribution in [0.5, 0.6) is 0 Å². The van der Waals surface area contributed by atoms with Crippen molar-refractivity contribution in [1.29, 1.82) is 0 Å². The second-order valence-electron chi connectivity index (χ2n) is 10.5. The summed E-state index contributed by atoms with van der Waals surface area (Å²) in [6.07, 6.45) is 9.72. The fourth-order valence-electron chi connectivity index (χ4n) is 3.96. The number of hydrogen-bond acceptors (Lipinski definition) is 6. The van der Waals surface area contributed by atoms with Gasteiger partial charge in [-0.2, -0.15) is 0 Å². The molecule has 0 saturated carbocycles. The van der Waals surface area contributed by atoms with Gasteiger partial charge in [-0.15, -0.1) is 0 Å². The molecule has 0 radical (unpaired) electrons. The molecule has 0 bridgehead atoms. The van der Waals surface area contributed by atoms with Crippen LogP contribution in [-0.4, -0.2) is 23.7 Å². The largest absolute Gasteiger partial charge is 0.377 e. The van der Waals surface area contributed by atoms with Crippen LogP contribution in [0.25, 0.3) is 0 Å². The van der Waals surface area contributed by atoms with Crippen LogP contribution in [0.1, 0.15) is 101 Å². The molecule has 0 spiro atoms. The molecule has 2 rings (SSSR count). The average molecular weight is 503 g/mol. The van der Waals surface area contributed by atoms with Gasteiger partial charge in [-0.05, 0) is 62.8 Å². The van der Waals surface area contributed by atoms with E-state index in [1.54, 1.807) is 0 Å². The molecule has 0 unspecified atom stereocenters. The highest BCUT2D eigenvalue weighted by Gasteiger charge is 2.21. The Morgan fingerprint density at radius 1 is 0.500 bits per heavy atom. The highest BCUT2D eigenvalue weighted by molar-refractivity contribution is 5.27. The normalized spacial score (nSPS) is 12.3. The van der Waals surface area contributed by atoms with Gasteiger partial charge in [-0.1, -0.05) is 87.1 Å². The van der Waals surface area contributed by atoms with Crippen molar-refractivity contribution in [2.24, 2.45) is 0 Å². The van der Waals surface area contributed by atoms with E-state index in [0.29, 0.717) is 13.2 Å². The van der Waals surface area contributed by atoms with Crippen molar-refractivity contribution in [2.45, 2.75) is 103 Å². The topological polar surface area (TPSA) is 77.4 Å². The molecule has 0 fully saturated rings. The average Bonchev–Trinajstić information content (AvgIpc) is 2.89. The minimum absolute atomic E-state index is 0.616. The van der Waals surface area contributed by atoms with Crippen molar-refractivity contribution in [3.63, 3.8) is 0 Å². The zero-order valence-electron chi connectivity index (χ0n) is 22.6. The van der Waals surface area contributed by atoms with Crippen molar-refractivity contribution in [2.75, 3.05) is 13.2 Å². The van der Waals surface area contributed by atoms with Gasteiger partial charge in [0.1, 0.15) is 11.2 Å². The first-order valence-corrected chi connectivity index (χ1v) is 13.3. The Hall–Kier alpha value is -1.80. The molecule has 0 aliphatic heterocycles. The van der Waals surface area contributed by atoms with Crippen molar-refractivity contribution in [1.82, 2.24) is 0 Å². The Kier molecular flexibility index (Phi) is 13.6. The van der Waals surface area contributed by atoms with Crippen LogP contribution in [0.15, 0.2) is 48.5 Å². The van der Waals surface area contributed by atoms with Gasteiger partial charge in [0.15, 0.2) is 0 Å². The minimum atomic E-state index is -0.697. The van der Waals surface area contributed by atoms with Crippen LogP contribution in [-0.2, 0) is 43.7 Å². The summed E-state index contributed by atoms with van der Waals surface area (Å²) in [7, 11) is 0. The van der Waals surface area contributed by atoms with E-state index < -0.39 is 11.2 Å². The maximum Gasteiger partial charge on any atom is 0.123 e. The molecule has 0 atom stereocenters. The third kappa shape index (κ3) is 11.1. The summed E-state index contributed by atoms with van der Waals surface area (Å²) in [5.41, 5.74) is 2.73. The lowest BCUT2D eigenvalue weighted by atomic mass is 9.97. The summed E-state index contributed by atoms with van der Waals surface area (Å²) in [6.45, 7) is 10.1. The van der Waals surface area contributed by atoms with Gasteiger partial charge in [0.05, 0.1) is 13.2 Å². The number of hydrogen-bond donors (Lipinski definition) is 2. The zero-order valence-corrected chi connectivity index (χ0v) is 22.6. The Balaban J connectivity index is 1.39. The number of ether oxygens (including phenoxy) is 2. The Morgan fingerprint density at radius 2 is 0.806 bits per heavy atom. The molecule has 0 aliphatic carbocycles. The number of rotatable bonds is 19. The zero-order chi connectivity index (χ0) is 26.3. The van der Waals surface area contributed by atoms with E-state index in [4.69, 9.17) is 20.0 Å². The van der Waals surface area contributed by atoms with Gasteiger partial charge in [-0.25, -0.2) is 9.78 Å². The first-order chi connectivity index (χ1) is 17.3. The standard InChI is InChI=1S/C30H46O6/c1-29(2,35-31)27-17-13-25(14-18-27)23-33-21-11-9-7-5-6-8-10-12-22-34-24-26-15-19-28(20-16-26)30(3,4)36-32/h13-20,31-32H,5-12,21-24H2,1-4H3. The van der Waals surface area contributed by atoms with Crippen molar-refractivity contribution in [3.8, 4) is 0 Å². The highest BCUT2D eigenvalue weighted by Crippen LogP contribution is 2.25. The van der Waals surface area contributed by atoms with E-state index in [-0.39, 0.29) is 0 Å². The summed E-state index contributed by atoms with van der Waals surface area (Å²) in [5, 5.41) is 18.0. The van der Waals surface area contributed by atoms with Crippen LogP contribution in [0, 0.1) is 0 Å². The van der Waals surface area contributed by atoms with E-state index >= 15 is 0 Å². The smallest absolute Gasteiger partial charge is 0.123 e. The second kappa shape index (κ2) is 16.1. The third-order valence-electron chi connectivity index (χ3n) is 6.62. The lowest BCUT2D eigenvalue weighted by Gasteiger charge is -2.21. The molecule has 2 aromatic rings. The molecule has 0 amide bonds. The van der Waals surface area contributed by atoms with Crippen molar-refractivity contribution in [3.05, 3.63) is 70.8 Å². The molecule has 2 N–H and O–H groups in total. The van der Waals surface area contributed by atoms with E-state index in [9.17, 15) is 0 Å². The molecule has 0 saturated heterocycles. The van der Waals surface area contributed by atoms with Gasteiger partial charge >= 0.3 is 0 Å². The lowest BCUT2D eigenvalue weighted by molar-refractivity contribution is -0.318. The van der Waals surface area contributed by atoms with E-state index in [1.165, 1.54) is 38.5 Å². The van der Waals surface area contributed by atoms with Crippen LogP contribution in [0.2, 0.25) is 0 Å². The summed E-state index contributed by atoms with van der Waals surface area (Å²) < 4.78 is 11.6. The van der Waals surface area contributed by atoms with Crippen LogP contribution in [0.3, 0.4) is 0 Å². The Labute approximate surface area is 217 Å². The fraction of sp³-hybridized carbons (Fsp3) is 0.600. The maximum atomic E-state index is 8.98. The highest BCUT2D eigenvalue weighted by atomic mass is 17.1. The number of benzene rings is 2. The minimum Gasteiger partial charge on any atom is -0.377 e. The molecule has 36 heavy (non-hydrogen) atoms. The van der Waals surface area contributed by atoms with Crippen molar-refractivity contribution < 1.29 is 29.8 Å². The molecular weight excluding hydrogens is 456 g/mol. The maximum absolute atomic E-state index is 8.98. The quantitative estimate of drug-likeness (QED) is 0.115. The first-order valence-electron chi connectivity index (χ1n) is 13.3. The van der Waals surface area contributed by atoms with Gasteiger partial charge in [0.25, 0.3) is 0 Å². The SMILES string of the molecule is CC(C)(OO)c1ccc(COCCCCCCCCCCOCc2ccc(C(C)(C)OO)cc2)cc1. The Morgan fingerprint density at radius 3 is 1.11 bits per heavy atom. The van der Waals surface area contributed by atoms with E-state index in [1.807, 2.05) is 76.2 Å². The van der Waals surface area contributed by atoms with Gasteiger partial charge in [0, 0.05) is 13.2 Å². The van der Waals surface area contributed by atoms with Crippen LogP contribution < -0.4 is 0 Å². The monoisotopic (exact) mass is 502 g/mol. The molecule has 202 valence electrons. The van der Waals surface area contributed by atoms with Gasteiger partial charge in [-0.3, -0.25) is 10.5 Å². The lowest BCUT2D eigenvalue weighted by Crippen LogP contribution is -2.19. The van der Waals surface area contributed by atoms with Gasteiger partial charge < -0.3 is 9.47 Å². The predicted molar refractivity (Wildman–Crippen MR) is 143 cm³/mol. The first kappa shape index (κ1) is 30.4. The van der Waals surface area contributed by atoms with Crippen molar-refractivity contribution >= 4 is 0 Å². The van der Waals surface area contributed by atoms with Crippen LogP contribution >= 0.6 is 0 Å². The summed E-state index contributed by atoms with van der Waals surface area (Å²) in [6, 6.07) is 16.0. The third-order valence-corrected chi connectivity index (χ3v) is 6.62. The van der Waals surface area contributed by atoms with E-state index in [0.717, 1.165) is 48.3 Å². The second-order valence-corrected chi connectivity index (χ2v) is 10.5. The van der Waals surface area contributed by atoms with Crippen LogP contribution in [0.4, 0.5) is 0 Å². The molecule has 6 nitrogen and oxygen atoms in total. The fourth-order valence-corrected chi connectivity index (χ4v) is 3.96. The summed E-state index contributed by atoms with van der Waals surface area (Å²) in [4.78, 5) is 9.06.